The molecule has 0 N–H and O–H groups in total. The maximum Gasteiger partial charge on any atom is 0.226 e. The van der Waals surface area contributed by atoms with E-state index in [0.29, 0.717) is 6.04 Å². The Labute approximate surface area is 146 Å². The normalized spacial score (nSPS) is 15.6. The quantitative estimate of drug-likeness (QED) is 0.342. The van der Waals surface area contributed by atoms with Crippen molar-refractivity contribution in [2.45, 2.75) is 13.0 Å². The van der Waals surface area contributed by atoms with Gasteiger partial charge >= 0.3 is 0 Å². The van der Waals surface area contributed by atoms with Gasteiger partial charge in [0.25, 0.3) is 0 Å². The van der Waals surface area contributed by atoms with Crippen molar-refractivity contribution in [2.75, 3.05) is 0 Å². The summed E-state index contributed by atoms with van der Waals surface area (Å²) in [5.41, 5.74) is 4.96. The van der Waals surface area contributed by atoms with E-state index in [4.69, 9.17) is 0 Å². The fourth-order valence-corrected chi connectivity index (χ4v) is 3.45. The van der Waals surface area contributed by atoms with Gasteiger partial charge in [0.15, 0.2) is 0 Å². The molecule has 1 aliphatic rings. The van der Waals surface area contributed by atoms with Gasteiger partial charge in [0.2, 0.25) is 5.65 Å². The van der Waals surface area contributed by atoms with Gasteiger partial charge in [0, 0.05) is 37.1 Å². The largest absolute Gasteiger partial charge is 0.261 e. The molecule has 2 nitrogen and oxygen atoms in total. The van der Waals surface area contributed by atoms with Crippen molar-refractivity contribution >= 4 is 27.5 Å². The third-order valence-corrected chi connectivity index (χ3v) is 4.26. The molecule has 0 fully saturated rings. The van der Waals surface area contributed by atoms with E-state index in [1.165, 1.54) is 33.0 Å². The molecule has 3 heterocycles. The van der Waals surface area contributed by atoms with E-state index in [2.05, 4.69) is 52.4 Å². The van der Waals surface area contributed by atoms with E-state index in [1.54, 1.807) is 0 Å². The summed E-state index contributed by atoms with van der Waals surface area (Å²) >= 11 is 0. The van der Waals surface area contributed by atoms with E-state index in [1.807, 2.05) is 18.2 Å². The van der Waals surface area contributed by atoms with E-state index in [-0.39, 0.29) is 37.1 Å². The average Bonchev–Trinajstić information content (AvgIpc) is 2.94. The van der Waals surface area contributed by atoms with E-state index in [9.17, 15) is 0 Å². The maximum absolute atomic E-state index is 3.42. The molecule has 0 spiro atoms. The second kappa shape index (κ2) is 4.93. The molecule has 2 aromatic heterocycles. The van der Waals surface area contributed by atoms with Gasteiger partial charge in [0.05, 0.1) is 23.3 Å². The smallest absolute Gasteiger partial charge is 0.226 e. The molecule has 0 saturated heterocycles. The Hall–Kier alpha value is -1.18. The van der Waals surface area contributed by atoms with E-state index >= 15 is 0 Å². The van der Waals surface area contributed by atoms with Crippen LogP contribution in [0.2, 0.25) is 0 Å². The van der Waals surface area contributed by atoms with Gasteiger partial charge in [-0.2, -0.15) is 30.3 Å². The number of rotatable bonds is 0. The predicted octanol–water partition coefficient (Wildman–Crippen LogP) is 3.05. The summed E-state index contributed by atoms with van der Waals surface area (Å²) in [4.78, 5) is 0. The van der Waals surface area contributed by atoms with Crippen molar-refractivity contribution in [2.24, 2.45) is 0 Å². The molecule has 0 amide bonds. The summed E-state index contributed by atoms with van der Waals surface area (Å²) in [5.74, 6) is 0. The Kier molecular flexibility index (Phi) is 3.46. The summed E-state index contributed by atoms with van der Waals surface area (Å²) in [6.07, 6.45) is 2.16. The van der Waals surface area contributed by atoms with Crippen LogP contribution >= 0.6 is 0 Å². The minimum absolute atomic E-state index is 0. The first-order valence-electron chi connectivity index (χ1n) is 6.55. The first-order chi connectivity index (χ1) is 9.36. The third-order valence-electron chi connectivity index (χ3n) is 4.26. The van der Waals surface area contributed by atoms with Gasteiger partial charge in [0.1, 0.15) is 0 Å². The Bertz CT molecular complexity index is 988. The topological polar surface area (TPSA) is 9.03 Å². The second-order valence-corrected chi connectivity index (χ2v) is 5.18. The average molecular weight is 345 g/mol. The van der Waals surface area contributed by atoms with Crippen molar-refractivity contribution in [1.29, 1.82) is 0 Å². The molecule has 4 heteroatoms. The number of hydrogen-bond acceptors (Lipinski definition) is 0. The Balaban J connectivity index is 0.000000661. The summed E-state index contributed by atoms with van der Waals surface area (Å²) in [5, 5.41) is 2.63. The van der Waals surface area contributed by atoms with Crippen LogP contribution in [0.15, 0.2) is 42.6 Å². The van der Waals surface area contributed by atoms with Crippen LogP contribution in [0.4, 0.5) is 0 Å². The first-order valence-corrected chi connectivity index (χ1v) is 6.55. The Morgan fingerprint density at radius 3 is 2.81 bits per heavy atom. The minimum Gasteiger partial charge on any atom is -0.261 e. The molecule has 21 heavy (non-hydrogen) atoms. The van der Waals surface area contributed by atoms with Gasteiger partial charge in [-0.25, -0.2) is 0 Å². The number of pyridine rings is 1. The minimum atomic E-state index is 0. The van der Waals surface area contributed by atoms with Crippen LogP contribution in [-0.4, -0.2) is 4.57 Å². The van der Waals surface area contributed by atoms with Crippen molar-refractivity contribution in [3.8, 4) is 0 Å². The molecule has 0 saturated carbocycles. The van der Waals surface area contributed by atoms with Crippen LogP contribution in [0.3, 0.4) is 0 Å². The molecule has 4 aromatic rings. The van der Waals surface area contributed by atoms with E-state index < -0.39 is 0 Å². The molecule has 2 aromatic carbocycles. The Morgan fingerprint density at radius 2 is 1.95 bits per heavy atom. The fourth-order valence-electron chi connectivity index (χ4n) is 3.45. The second-order valence-electron chi connectivity index (χ2n) is 5.18. The number of imidazole rings is 1. The fraction of sp³-hybridized carbons (Fsp3) is 0.118. The van der Waals surface area contributed by atoms with Gasteiger partial charge in [-0.15, -0.1) is 23.1 Å². The SMILES string of the molecule is CC1c2[c-]ccc3cc[n+]4c5ccc[c-]c5n1c4c23.[V].[V]. The first kappa shape index (κ1) is 14.7. The number of nitrogens with zero attached hydrogens (tertiary/aromatic N) is 2. The third kappa shape index (κ3) is 1.65. The van der Waals surface area contributed by atoms with Gasteiger partial charge in [-0.05, 0) is 18.4 Å². The molecule has 5 rings (SSSR count). The molecule has 2 radical (unpaired) electrons. The van der Waals surface area contributed by atoms with Gasteiger partial charge < -0.3 is 0 Å². The number of aromatic nitrogens is 2. The molecular formula is C17H11N2V2-. The van der Waals surface area contributed by atoms with Crippen molar-refractivity contribution in [3.63, 3.8) is 0 Å². The maximum atomic E-state index is 3.42. The molecule has 0 bridgehead atoms. The van der Waals surface area contributed by atoms with Crippen LogP contribution in [-0.2, 0) is 37.1 Å². The van der Waals surface area contributed by atoms with Crippen LogP contribution in [0.1, 0.15) is 18.5 Å². The summed E-state index contributed by atoms with van der Waals surface area (Å²) in [6.45, 7) is 2.24. The molecule has 100 valence electrons. The molecular weight excluding hydrogens is 334 g/mol. The summed E-state index contributed by atoms with van der Waals surface area (Å²) in [6, 6.07) is 19.7. The Morgan fingerprint density at radius 1 is 1.10 bits per heavy atom. The van der Waals surface area contributed by atoms with Crippen LogP contribution < -0.4 is 4.40 Å². The zero-order valence-electron chi connectivity index (χ0n) is 11.4. The number of hydrogen-bond donors (Lipinski definition) is 0. The van der Waals surface area contributed by atoms with Crippen LogP contribution in [0.25, 0.3) is 27.5 Å². The number of para-hydroxylation sites is 1. The van der Waals surface area contributed by atoms with Crippen LogP contribution in [0, 0.1) is 12.1 Å². The summed E-state index contributed by atoms with van der Waals surface area (Å²) in [7, 11) is 0. The predicted molar refractivity (Wildman–Crippen MR) is 74.1 cm³/mol. The standard InChI is InChI=1S/C17H11N2.2V/c1-11-13-6-4-5-12-9-10-18-14-7-2-3-8-15(14)19(11)17(18)16(12)13;;/h2-5,7,9-11H,1H3;;/q-1;;. The molecule has 0 aliphatic carbocycles. The monoisotopic (exact) mass is 345 g/mol. The van der Waals surface area contributed by atoms with Crippen molar-refractivity contribution < 1.29 is 41.5 Å². The number of benzene rings is 2. The van der Waals surface area contributed by atoms with Crippen LogP contribution in [0.5, 0.6) is 0 Å². The molecule has 1 aliphatic heterocycles. The summed E-state index contributed by atoms with van der Waals surface area (Å²) < 4.78 is 4.65. The zero-order chi connectivity index (χ0) is 12.6. The number of fused-ring (bicyclic) bond motifs is 3. The van der Waals surface area contributed by atoms with Gasteiger partial charge in [-0.1, -0.05) is 0 Å². The van der Waals surface area contributed by atoms with Crippen molar-refractivity contribution in [1.82, 2.24) is 4.57 Å². The van der Waals surface area contributed by atoms with Crippen molar-refractivity contribution in [3.05, 3.63) is 60.3 Å². The molecule has 1 atom stereocenters. The molecule has 1 unspecified atom stereocenters. The zero-order valence-corrected chi connectivity index (χ0v) is 14.2. The van der Waals surface area contributed by atoms with E-state index in [0.717, 1.165) is 0 Å². The van der Waals surface area contributed by atoms with Gasteiger partial charge in [-0.3, -0.25) is 8.97 Å².